The van der Waals surface area contributed by atoms with E-state index in [4.69, 9.17) is 24.9 Å². The van der Waals surface area contributed by atoms with Gasteiger partial charge >= 0.3 is 0 Å². The van der Waals surface area contributed by atoms with Crippen molar-refractivity contribution in [3.05, 3.63) is 59.5 Å². The zero-order chi connectivity index (χ0) is 20.8. The van der Waals surface area contributed by atoms with Gasteiger partial charge in [0.2, 0.25) is 0 Å². The van der Waals surface area contributed by atoms with Gasteiger partial charge in [-0.15, -0.1) is 0 Å². The number of nitrogens with two attached hydrogens (primary N) is 1. The van der Waals surface area contributed by atoms with Crippen molar-refractivity contribution < 1.29 is 19.0 Å². The lowest BCUT2D eigenvalue weighted by molar-refractivity contribution is -0.112. The smallest absolute Gasteiger partial charge is 0.283 e. The van der Waals surface area contributed by atoms with E-state index >= 15 is 0 Å². The summed E-state index contributed by atoms with van der Waals surface area (Å²) in [4.78, 5) is 21.7. The van der Waals surface area contributed by atoms with E-state index in [1.165, 1.54) is 6.21 Å². The monoisotopic (exact) mass is 406 g/mol. The maximum atomic E-state index is 12.8. The maximum Gasteiger partial charge on any atom is 0.283 e. The number of amidine groups is 1. The number of amides is 1. The highest BCUT2D eigenvalue weighted by Crippen LogP contribution is 2.65. The fourth-order valence-electron chi connectivity index (χ4n) is 4.19. The Balaban J connectivity index is 1.44. The maximum absolute atomic E-state index is 12.8. The predicted octanol–water partition coefficient (Wildman–Crippen LogP) is 2.39. The molecule has 8 heteroatoms. The van der Waals surface area contributed by atoms with Gasteiger partial charge in [-0.1, -0.05) is 12.2 Å². The van der Waals surface area contributed by atoms with Crippen LogP contribution in [0.1, 0.15) is 18.4 Å². The Labute approximate surface area is 173 Å². The third-order valence-corrected chi connectivity index (χ3v) is 6.07. The number of hydrogen-bond donors (Lipinski definition) is 2. The van der Waals surface area contributed by atoms with Gasteiger partial charge in [-0.2, -0.15) is 0 Å². The second kappa shape index (κ2) is 6.76. The highest BCUT2D eigenvalue weighted by atomic mass is 16.5. The summed E-state index contributed by atoms with van der Waals surface area (Å²) in [6.07, 6.45) is 10.5. The molecule has 0 aromatic heterocycles. The number of nitrogens with one attached hydrogen (secondary N) is 1. The molecule has 1 aromatic rings. The molecule has 2 spiro atoms. The third-order valence-electron chi connectivity index (χ3n) is 6.07. The van der Waals surface area contributed by atoms with E-state index in [9.17, 15) is 4.79 Å². The van der Waals surface area contributed by atoms with Gasteiger partial charge in [0.05, 0.1) is 19.9 Å². The molecule has 0 bridgehead atoms. The molecule has 1 saturated carbocycles. The zero-order valence-electron chi connectivity index (χ0n) is 16.6. The summed E-state index contributed by atoms with van der Waals surface area (Å²) in [5.41, 5.74) is 7.02. The van der Waals surface area contributed by atoms with Gasteiger partial charge in [-0.25, -0.2) is 9.98 Å². The zero-order valence-corrected chi connectivity index (χ0v) is 16.6. The van der Waals surface area contributed by atoms with Gasteiger partial charge in [-0.05, 0) is 43.2 Å². The molecule has 3 N–H and O–H groups in total. The molecular formula is C22H22N4O4. The fourth-order valence-corrected chi connectivity index (χ4v) is 4.19. The Kier molecular flexibility index (Phi) is 4.16. The average molecular weight is 406 g/mol. The Morgan fingerprint density at radius 1 is 1.20 bits per heavy atom. The molecule has 1 amide bonds. The van der Waals surface area contributed by atoms with E-state index in [2.05, 4.69) is 10.3 Å². The van der Waals surface area contributed by atoms with Gasteiger partial charge in [0, 0.05) is 16.7 Å². The van der Waals surface area contributed by atoms with Crippen molar-refractivity contribution in [2.24, 2.45) is 21.1 Å². The fraction of sp³-hybridized carbons (Fsp3) is 0.318. The number of methoxy groups -OCH3 is 1. The molecule has 1 fully saturated rings. The second-order valence-electron chi connectivity index (χ2n) is 7.80. The molecule has 4 aliphatic rings. The van der Waals surface area contributed by atoms with Gasteiger partial charge in [0.25, 0.3) is 11.9 Å². The van der Waals surface area contributed by atoms with Crippen LogP contribution in [0.25, 0.3) is 0 Å². The van der Waals surface area contributed by atoms with E-state index in [-0.39, 0.29) is 23.0 Å². The molecule has 1 unspecified atom stereocenters. The molecule has 3 heterocycles. The number of anilines is 1. The highest BCUT2D eigenvalue weighted by molar-refractivity contribution is 6.05. The molecular weight excluding hydrogens is 384 g/mol. The summed E-state index contributed by atoms with van der Waals surface area (Å²) in [6.45, 7) is 0.980. The summed E-state index contributed by atoms with van der Waals surface area (Å²) in [5, 5.41) is 2.92. The van der Waals surface area contributed by atoms with E-state index in [1.54, 1.807) is 31.4 Å². The topological polar surface area (TPSA) is 108 Å². The second-order valence-corrected chi connectivity index (χ2v) is 7.80. The Bertz CT molecular complexity index is 1060. The van der Waals surface area contributed by atoms with Crippen LogP contribution in [0.2, 0.25) is 0 Å². The molecule has 8 nitrogen and oxygen atoms in total. The lowest BCUT2D eigenvalue weighted by atomic mass is 9.74. The quantitative estimate of drug-likeness (QED) is 0.801. The number of fused-ring (bicyclic) bond motifs is 3. The summed E-state index contributed by atoms with van der Waals surface area (Å²) in [7, 11) is 1.55. The predicted molar refractivity (Wildman–Crippen MR) is 112 cm³/mol. The largest absolute Gasteiger partial charge is 0.495 e. The van der Waals surface area contributed by atoms with Crippen LogP contribution in [0, 0.1) is 5.41 Å². The first kappa shape index (κ1) is 18.5. The number of benzene rings is 1. The van der Waals surface area contributed by atoms with E-state index in [0.717, 1.165) is 24.2 Å². The standard InChI is InChI=1S/C22H22N4O4/c1-28-15-4-2-3-5-17(24-11-15)19(27)25-14-6-7-18-16(10-14)22(13-30-20(23)26-22)21(8-9-21)12-29-18/h2-7,10-11H,8-9,12-13H2,1H3,(H2,23,26)(H,25,27)/b3-2+,4-2?,5-3?,15-4?,15-11?,17-5-,24-11?,24-17?. The van der Waals surface area contributed by atoms with Crippen molar-refractivity contribution >= 4 is 23.8 Å². The summed E-state index contributed by atoms with van der Waals surface area (Å²) >= 11 is 0. The van der Waals surface area contributed by atoms with Crippen molar-refractivity contribution in [1.29, 1.82) is 0 Å². The minimum atomic E-state index is -0.566. The molecule has 1 aliphatic carbocycles. The first-order chi connectivity index (χ1) is 14.6. The van der Waals surface area contributed by atoms with E-state index < -0.39 is 5.54 Å². The van der Waals surface area contributed by atoms with Crippen molar-refractivity contribution in [3.63, 3.8) is 0 Å². The normalized spacial score (nSPS) is 28.0. The number of allylic oxidation sites excluding steroid dienone is 5. The summed E-state index contributed by atoms with van der Waals surface area (Å²) in [5.74, 6) is 0.975. The minimum Gasteiger partial charge on any atom is -0.495 e. The first-order valence-electron chi connectivity index (χ1n) is 9.79. The summed E-state index contributed by atoms with van der Waals surface area (Å²) in [6, 6.07) is 5.77. The van der Waals surface area contributed by atoms with Crippen molar-refractivity contribution in [3.8, 4) is 5.75 Å². The minimum absolute atomic E-state index is 0.0935. The Morgan fingerprint density at radius 3 is 2.77 bits per heavy atom. The lowest BCUT2D eigenvalue weighted by Gasteiger charge is -2.39. The van der Waals surface area contributed by atoms with E-state index in [1.807, 2.05) is 18.2 Å². The number of rotatable bonds is 3. The highest BCUT2D eigenvalue weighted by Gasteiger charge is 2.66. The van der Waals surface area contributed by atoms with E-state index in [0.29, 0.717) is 24.7 Å². The van der Waals surface area contributed by atoms with Crippen LogP contribution in [0.15, 0.2) is 63.9 Å². The van der Waals surface area contributed by atoms with Crippen LogP contribution >= 0.6 is 0 Å². The number of carbonyl (C=O) groups is 1. The first-order valence-corrected chi connectivity index (χ1v) is 9.79. The lowest BCUT2D eigenvalue weighted by Crippen LogP contribution is -2.44. The van der Waals surface area contributed by atoms with Crippen LogP contribution in [-0.4, -0.2) is 38.5 Å². The number of aliphatic imine (C=N–C) groups is 2. The molecule has 0 saturated heterocycles. The Morgan fingerprint density at radius 2 is 2.03 bits per heavy atom. The van der Waals surface area contributed by atoms with Crippen LogP contribution in [0.4, 0.5) is 5.69 Å². The van der Waals surface area contributed by atoms with Gasteiger partial charge in [-0.3, -0.25) is 4.79 Å². The number of carbonyl (C=O) groups excluding carboxylic acids is 1. The molecule has 30 heavy (non-hydrogen) atoms. The number of ether oxygens (including phenoxy) is 3. The molecule has 0 radical (unpaired) electrons. The van der Waals surface area contributed by atoms with Crippen molar-refractivity contribution in [2.75, 3.05) is 25.6 Å². The van der Waals surface area contributed by atoms with Crippen LogP contribution in [0.3, 0.4) is 0 Å². The number of hydrogen-bond acceptors (Lipinski definition) is 7. The molecule has 1 atom stereocenters. The molecule has 3 aliphatic heterocycles. The summed E-state index contributed by atoms with van der Waals surface area (Å²) < 4.78 is 16.8. The molecule has 154 valence electrons. The van der Waals surface area contributed by atoms with Crippen LogP contribution in [-0.2, 0) is 19.8 Å². The Hall–Kier alpha value is -3.55. The van der Waals surface area contributed by atoms with Crippen molar-refractivity contribution in [2.45, 2.75) is 18.4 Å². The van der Waals surface area contributed by atoms with Gasteiger partial charge < -0.3 is 25.3 Å². The third kappa shape index (κ3) is 2.87. The SMILES string of the molecule is COC1=C/C=C/C=C(/C(=O)Nc2ccc3c(c2)C2(COC(N)=N2)C2(CC2)CO3)N=C1. The van der Waals surface area contributed by atoms with Crippen LogP contribution in [0.5, 0.6) is 5.75 Å². The average Bonchev–Trinajstić information content (AvgIpc) is 3.41. The number of nitrogens with zero attached hydrogens (tertiary/aromatic N) is 2. The van der Waals surface area contributed by atoms with Crippen molar-refractivity contribution in [1.82, 2.24) is 0 Å². The van der Waals surface area contributed by atoms with Gasteiger partial charge in [0.15, 0.2) is 0 Å². The molecule has 1 aromatic carbocycles. The molecule has 5 rings (SSSR count). The van der Waals surface area contributed by atoms with Crippen LogP contribution < -0.4 is 15.8 Å². The van der Waals surface area contributed by atoms with Gasteiger partial charge in [0.1, 0.15) is 29.4 Å².